The smallest absolute Gasteiger partial charge is 0.296 e. The summed E-state index contributed by atoms with van der Waals surface area (Å²) < 4.78 is 38.7. The van der Waals surface area contributed by atoms with Gasteiger partial charge in [-0.15, -0.1) is 0 Å². The van der Waals surface area contributed by atoms with Gasteiger partial charge in [0, 0.05) is 12.7 Å². The molecular weight excluding hydrogens is 282 g/mol. The molecule has 2 rings (SSSR count). The normalized spacial score (nSPS) is 12.1. The number of hydrogen-bond acceptors (Lipinski definition) is 7. The SMILES string of the molecule is [3H]c1nc(C)nc(N(C)c2ccc(S(=O)(=O)O)c(N)c2)n1. The Bertz CT molecular complexity index is 776. The van der Waals surface area contributed by atoms with E-state index in [1.54, 1.807) is 14.0 Å². The Labute approximate surface area is 117 Å². The molecule has 3 N–H and O–H groups in total. The quantitative estimate of drug-likeness (QED) is 0.629. The summed E-state index contributed by atoms with van der Waals surface area (Å²) in [5.41, 5.74) is 6.03. The first-order chi connectivity index (χ1) is 9.68. The highest BCUT2D eigenvalue weighted by atomic mass is 32.2. The minimum Gasteiger partial charge on any atom is -0.398 e. The number of anilines is 3. The zero-order chi connectivity index (χ0) is 15.8. The van der Waals surface area contributed by atoms with Gasteiger partial charge in [0.2, 0.25) is 5.95 Å². The Kier molecular flexibility index (Phi) is 3.20. The summed E-state index contributed by atoms with van der Waals surface area (Å²) >= 11 is 0. The molecule has 1 heterocycles. The Morgan fingerprint density at radius 3 is 2.65 bits per heavy atom. The summed E-state index contributed by atoms with van der Waals surface area (Å²) in [7, 11) is -2.73. The van der Waals surface area contributed by atoms with E-state index in [2.05, 4.69) is 15.0 Å². The monoisotopic (exact) mass is 297 g/mol. The molecule has 0 fully saturated rings. The summed E-state index contributed by atoms with van der Waals surface area (Å²) in [4.78, 5) is 12.9. The fourth-order valence-electron chi connectivity index (χ4n) is 1.58. The first kappa shape index (κ1) is 12.8. The summed E-state index contributed by atoms with van der Waals surface area (Å²) in [5, 5.41) is 0. The third-order valence-electron chi connectivity index (χ3n) is 2.58. The van der Waals surface area contributed by atoms with Crippen molar-refractivity contribution in [1.29, 1.82) is 0 Å². The van der Waals surface area contributed by atoms with Gasteiger partial charge in [0.1, 0.15) is 18.4 Å². The second-order valence-electron chi connectivity index (χ2n) is 4.04. The van der Waals surface area contributed by atoms with E-state index in [4.69, 9.17) is 11.7 Å². The number of rotatable bonds is 3. The van der Waals surface area contributed by atoms with E-state index >= 15 is 0 Å². The van der Waals surface area contributed by atoms with Gasteiger partial charge in [-0.05, 0) is 25.1 Å². The number of benzene rings is 1. The average molecular weight is 297 g/mol. The molecule has 106 valence electrons. The molecule has 0 atom stereocenters. The lowest BCUT2D eigenvalue weighted by Crippen LogP contribution is -2.14. The molecule has 0 radical (unpaired) electrons. The van der Waals surface area contributed by atoms with E-state index in [-0.39, 0.29) is 22.8 Å². The van der Waals surface area contributed by atoms with E-state index in [1.165, 1.54) is 23.1 Å². The van der Waals surface area contributed by atoms with Crippen LogP contribution in [0.5, 0.6) is 0 Å². The van der Waals surface area contributed by atoms with Crippen LogP contribution in [0.15, 0.2) is 29.4 Å². The Hall–Kier alpha value is -2.26. The van der Waals surface area contributed by atoms with E-state index in [9.17, 15) is 8.42 Å². The van der Waals surface area contributed by atoms with Gasteiger partial charge in [-0.3, -0.25) is 4.55 Å². The van der Waals surface area contributed by atoms with Crippen LogP contribution in [-0.4, -0.2) is 35.0 Å². The molecule has 2 aromatic rings. The van der Waals surface area contributed by atoms with Crippen LogP contribution in [0.4, 0.5) is 17.3 Å². The molecule has 0 saturated heterocycles. The van der Waals surface area contributed by atoms with Crippen molar-refractivity contribution in [2.75, 3.05) is 17.7 Å². The molecule has 9 heteroatoms. The number of nitrogen functional groups attached to an aromatic ring is 1. The highest BCUT2D eigenvalue weighted by Gasteiger charge is 2.16. The lowest BCUT2D eigenvalue weighted by Gasteiger charge is -2.18. The van der Waals surface area contributed by atoms with Gasteiger partial charge >= 0.3 is 0 Å². The first-order valence-corrected chi connectivity index (χ1v) is 6.92. The van der Waals surface area contributed by atoms with E-state index in [1.807, 2.05) is 0 Å². The van der Waals surface area contributed by atoms with Crippen LogP contribution in [0, 0.1) is 6.92 Å². The topological polar surface area (TPSA) is 122 Å². The molecule has 1 aromatic carbocycles. The minimum atomic E-state index is -4.37. The largest absolute Gasteiger partial charge is 0.398 e. The van der Waals surface area contributed by atoms with E-state index < -0.39 is 10.1 Å². The molecule has 0 amide bonds. The fraction of sp³-hybridized carbons (Fsp3) is 0.182. The standard InChI is InChI=1S/C11H13N5O3S/c1-7-13-6-14-11(15-7)16(2)8-3-4-10(9(12)5-8)20(17,18)19/h3-6H,12H2,1-2H3,(H,17,18,19)/i6T. The van der Waals surface area contributed by atoms with Crippen LogP contribution in [-0.2, 0) is 10.1 Å². The second kappa shape index (κ2) is 5.02. The van der Waals surface area contributed by atoms with Crippen molar-refractivity contribution in [1.82, 2.24) is 15.0 Å². The van der Waals surface area contributed by atoms with Gasteiger partial charge in [-0.2, -0.15) is 13.4 Å². The Morgan fingerprint density at radius 2 is 2.10 bits per heavy atom. The molecular formula is C11H13N5O3S. The molecule has 8 nitrogen and oxygen atoms in total. The maximum Gasteiger partial charge on any atom is 0.296 e. The highest BCUT2D eigenvalue weighted by molar-refractivity contribution is 7.86. The summed E-state index contributed by atoms with van der Waals surface area (Å²) in [6, 6.07) is 4.00. The molecule has 1 aromatic heterocycles. The maximum atomic E-state index is 11.1. The van der Waals surface area contributed by atoms with Crippen molar-refractivity contribution in [2.45, 2.75) is 11.8 Å². The minimum absolute atomic E-state index is 0.0984. The van der Waals surface area contributed by atoms with Crippen molar-refractivity contribution in [3.05, 3.63) is 30.3 Å². The lowest BCUT2D eigenvalue weighted by atomic mass is 10.2. The van der Waals surface area contributed by atoms with Gasteiger partial charge in [0.25, 0.3) is 10.1 Å². The lowest BCUT2D eigenvalue weighted by molar-refractivity contribution is 0.483. The predicted molar refractivity (Wildman–Crippen MR) is 73.3 cm³/mol. The van der Waals surface area contributed by atoms with E-state index in [0.29, 0.717) is 11.5 Å². The number of aryl methyl sites for hydroxylation is 1. The number of nitrogens with two attached hydrogens (primary N) is 1. The summed E-state index contributed by atoms with van der Waals surface area (Å²) in [6.45, 7) is 1.63. The molecule has 0 bridgehead atoms. The molecule has 0 saturated carbocycles. The van der Waals surface area contributed by atoms with Gasteiger partial charge in [0.05, 0.1) is 5.69 Å². The third kappa shape index (κ3) is 2.83. The Balaban J connectivity index is 2.45. The van der Waals surface area contributed by atoms with Crippen LogP contribution in [0.25, 0.3) is 0 Å². The van der Waals surface area contributed by atoms with Crippen LogP contribution < -0.4 is 10.6 Å². The van der Waals surface area contributed by atoms with Crippen LogP contribution in [0.1, 0.15) is 7.20 Å². The summed E-state index contributed by atoms with van der Waals surface area (Å²) in [5.74, 6) is 0.617. The predicted octanol–water partition coefficient (Wildman–Crippen LogP) is 0.777. The van der Waals surface area contributed by atoms with Crippen molar-refractivity contribution < 1.29 is 14.3 Å². The second-order valence-corrected chi connectivity index (χ2v) is 5.43. The molecule has 0 unspecified atom stereocenters. The van der Waals surface area contributed by atoms with Crippen LogP contribution >= 0.6 is 0 Å². The van der Waals surface area contributed by atoms with Gasteiger partial charge < -0.3 is 10.6 Å². The first-order valence-electron chi connectivity index (χ1n) is 5.98. The fourth-order valence-corrected chi connectivity index (χ4v) is 2.18. The molecule has 20 heavy (non-hydrogen) atoms. The highest BCUT2D eigenvalue weighted by Crippen LogP contribution is 2.26. The molecule has 0 aliphatic heterocycles. The zero-order valence-corrected chi connectivity index (χ0v) is 11.6. The molecule has 0 aliphatic rings. The maximum absolute atomic E-state index is 11.1. The van der Waals surface area contributed by atoms with Gasteiger partial charge in [-0.1, -0.05) is 0 Å². The van der Waals surface area contributed by atoms with Crippen molar-refractivity contribution in [2.24, 2.45) is 0 Å². The van der Waals surface area contributed by atoms with Crippen LogP contribution in [0.2, 0.25) is 0 Å². The summed E-state index contributed by atoms with van der Waals surface area (Å²) in [6.07, 6.45) is -0.174. The van der Waals surface area contributed by atoms with Crippen LogP contribution in [0.3, 0.4) is 0 Å². The Morgan fingerprint density at radius 1 is 1.40 bits per heavy atom. The number of aromatic nitrogens is 3. The average Bonchev–Trinajstić information content (AvgIpc) is 2.35. The van der Waals surface area contributed by atoms with E-state index in [0.717, 1.165) is 0 Å². The van der Waals surface area contributed by atoms with Crippen molar-refractivity contribution in [3.8, 4) is 0 Å². The zero-order valence-electron chi connectivity index (χ0n) is 11.8. The molecule has 0 aliphatic carbocycles. The van der Waals surface area contributed by atoms with Gasteiger partial charge in [0.15, 0.2) is 0 Å². The van der Waals surface area contributed by atoms with Crippen molar-refractivity contribution in [3.63, 3.8) is 0 Å². The molecule has 0 spiro atoms. The number of hydrogen-bond donors (Lipinski definition) is 2. The van der Waals surface area contributed by atoms with Gasteiger partial charge in [-0.25, -0.2) is 9.97 Å². The number of nitrogens with zero attached hydrogens (tertiary/aromatic N) is 4. The van der Waals surface area contributed by atoms with Crippen molar-refractivity contribution >= 4 is 27.4 Å². The third-order valence-corrected chi connectivity index (χ3v) is 3.51.